The number of imidazole rings is 1. The Morgan fingerprint density at radius 3 is 3.00 bits per heavy atom. The Morgan fingerprint density at radius 2 is 2.26 bits per heavy atom. The summed E-state index contributed by atoms with van der Waals surface area (Å²) in [7, 11) is 0. The Kier molecular flexibility index (Phi) is 3.07. The van der Waals surface area contributed by atoms with Crippen LogP contribution >= 0.6 is 0 Å². The number of hydrogen-bond donors (Lipinski definition) is 3. The molecule has 1 unspecified atom stereocenters. The van der Waals surface area contributed by atoms with E-state index >= 15 is 0 Å². The molecule has 0 aromatic carbocycles. The molecule has 0 aliphatic heterocycles. The van der Waals surface area contributed by atoms with E-state index in [1.165, 1.54) is 0 Å². The van der Waals surface area contributed by atoms with Crippen LogP contribution in [0.4, 0.5) is 5.82 Å². The zero-order valence-electron chi connectivity index (χ0n) is 12.2. The van der Waals surface area contributed by atoms with Gasteiger partial charge in [0.15, 0.2) is 17.3 Å². The molecule has 1 atom stereocenters. The molecule has 1 aliphatic carbocycles. The summed E-state index contributed by atoms with van der Waals surface area (Å²) in [5.41, 5.74) is 7.38. The van der Waals surface area contributed by atoms with Crippen molar-refractivity contribution in [3.8, 4) is 11.5 Å². The Morgan fingerprint density at radius 1 is 1.35 bits per heavy atom. The average molecular weight is 309 g/mol. The molecule has 8 nitrogen and oxygen atoms in total. The maximum absolute atomic E-state index is 12.3. The van der Waals surface area contributed by atoms with Crippen molar-refractivity contribution in [2.75, 3.05) is 5.73 Å². The van der Waals surface area contributed by atoms with Crippen molar-refractivity contribution in [3.05, 3.63) is 47.1 Å². The van der Waals surface area contributed by atoms with Gasteiger partial charge in [0.05, 0.1) is 0 Å². The molecule has 0 saturated heterocycles. The van der Waals surface area contributed by atoms with Crippen molar-refractivity contribution in [2.45, 2.75) is 13.0 Å². The smallest absolute Gasteiger partial charge is 0.327 e. The van der Waals surface area contributed by atoms with Crippen molar-refractivity contribution in [1.29, 1.82) is 0 Å². The van der Waals surface area contributed by atoms with Crippen molar-refractivity contribution in [1.82, 2.24) is 29.7 Å². The standard InChI is InChI=1S/C15H15N7O/c16-12-11-14(20-13(19-12)10-6-7-17-21-10)22(15(23)18-11)8-9-4-2-1-3-5-9/h1-4,6-7,9H,5,8H2,(H,17,21)(H,18,23)(H2,16,19,20). The lowest BCUT2D eigenvalue weighted by atomic mass is 10.0. The van der Waals surface area contributed by atoms with E-state index < -0.39 is 0 Å². The average Bonchev–Trinajstić information content (AvgIpc) is 3.19. The minimum Gasteiger partial charge on any atom is -0.382 e. The molecule has 3 heterocycles. The second-order valence-corrected chi connectivity index (χ2v) is 5.45. The summed E-state index contributed by atoms with van der Waals surface area (Å²) in [4.78, 5) is 23.8. The first-order valence-corrected chi connectivity index (χ1v) is 7.31. The molecule has 3 aromatic heterocycles. The zero-order valence-corrected chi connectivity index (χ0v) is 12.2. The quantitative estimate of drug-likeness (QED) is 0.672. The molecule has 4 rings (SSSR count). The number of fused-ring (bicyclic) bond motifs is 1. The van der Waals surface area contributed by atoms with Gasteiger partial charge in [-0.15, -0.1) is 0 Å². The van der Waals surface area contributed by atoms with Gasteiger partial charge >= 0.3 is 5.69 Å². The van der Waals surface area contributed by atoms with Crippen LogP contribution in [0.3, 0.4) is 0 Å². The van der Waals surface area contributed by atoms with Crippen LogP contribution in [0, 0.1) is 5.92 Å². The summed E-state index contributed by atoms with van der Waals surface area (Å²) in [5, 5.41) is 6.70. The maximum Gasteiger partial charge on any atom is 0.327 e. The number of nitrogen functional groups attached to an aromatic ring is 1. The largest absolute Gasteiger partial charge is 0.382 e. The normalized spacial score (nSPS) is 17.1. The molecule has 116 valence electrons. The SMILES string of the molecule is Nc1nc(-c2ccn[nH]2)nc2c1[nH]c(=O)n2CC1C=CC=CC1. The number of H-pyrrole nitrogens is 2. The van der Waals surface area contributed by atoms with Gasteiger partial charge in [-0.2, -0.15) is 5.10 Å². The molecule has 23 heavy (non-hydrogen) atoms. The summed E-state index contributed by atoms with van der Waals surface area (Å²) in [6, 6.07) is 1.75. The summed E-state index contributed by atoms with van der Waals surface area (Å²) < 4.78 is 1.61. The number of anilines is 1. The summed E-state index contributed by atoms with van der Waals surface area (Å²) >= 11 is 0. The highest BCUT2D eigenvalue weighted by Gasteiger charge is 2.17. The number of aromatic amines is 2. The first-order valence-electron chi connectivity index (χ1n) is 7.31. The van der Waals surface area contributed by atoms with E-state index in [9.17, 15) is 4.79 Å². The lowest BCUT2D eigenvalue weighted by Crippen LogP contribution is -2.21. The molecule has 0 radical (unpaired) electrons. The lowest BCUT2D eigenvalue weighted by molar-refractivity contribution is 0.528. The molecule has 0 fully saturated rings. The molecular weight excluding hydrogens is 294 g/mol. The van der Waals surface area contributed by atoms with Gasteiger partial charge in [-0.05, 0) is 18.4 Å². The fraction of sp³-hybridized carbons (Fsp3) is 0.200. The Labute approximate surface area is 130 Å². The highest BCUT2D eigenvalue weighted by Crippen LogP contribution is 2.21. The third-order valence-electron chi connectivity index (χ3n) is 3.88. The summed E-state index contributed by atoms with van der Waals surface area (Å²) in [5.74, 6) is 0.914. The van der Waals surface area contributed by atoms with Gasteiger partial charge in [-0.25, -0.2) is 14.8 Å². The molecule has 0 spiro atoms. The lowest BCUT2D eigenvalue weighted by Gasteiger charge is -2.13. The topological polar surface area (TPSA) is 118 Å². The minimum absolute atomic E-state index is 0.231. The van der Waals surface area contributed by atoms with E-state index in [0.717, 1.165) is 6.42 Å². The van der Waals surface area contributed by atoms with Gasteiger partial charge in [0.1, 0.15) is 11.2 Å². The number of nitrogens with two attached hydrogens (primary N) is 1. The van der Waals surface area contributed by atoms with Gasteiger partial charge in [0.25, 0.3) is 0 Å². The van der Waals surface area contributed by atoms with Crippen molar-refractivity contribution >= 4 is 17.0 Å². The molecule has 4 N–H and O–H groups in total. The van der Waals surface area contributed by atoms with Crippen LogP contribution in [0.15, 0.2) is 41.4 Å². The first-order chi connectivity index (χ1) is 11.2. The van der Waals surface area contributed by atoms with Crippen molar-refractivity contribution in [3.63, 3.8) is 0 Å². The number of hydrogen-bond acceptors (Lipinski definition) is 5. The predicted octanol–water partition coefficient (Wildman–Crippen LogP) is 1.22. The molecule has 8 heteroatoms. The van der Waals surface area contributed by atoms with Gasteiger partial charge in [-0.1, -0.05) is 24.3 Å². The van der Waals surface area contributed by atoms with Crippen LogP contribution in [0.25, 0.3) is 22.7 Å². The predicted molar refractivity (Wildman–Crippen MR) is 86.5 cm³/mol. The van der Waals surface area contributed by atoms with Crippen LogP contribution in [0.5, 0.6) is 0 Å². The highest BCUT2D eigenvalue weighted by molar-refractivity contribution is 5.83. The number of nitrogens with one attached hydrogen (secondary N) is 2. The van der Waals surface area contributed by atoms with E-state index in [4.69, 9.17) is 5.73 Å². The molecule has 0 amide bonds. The van der Waals surface area contributed by atoms with E-state index in [2.05, 4.69) is 37.3 Å². The Balaban J connectivity index is 1.83. The third kappa shape index (κ3) is 2.33. The summed E-state index contributed by atoms with van der Waals surface area (Å²) in [6.07, 6.45) is 10.7. The molecule has 3 aromatic rings. The van der Waals surface area contributed by atoms with Crippen molar-refractivity contribution in [2.24, 2.45) is 5.92 Å². The highest BCUT2D eigenvalue weighted by atomic mass is 16.1. The van der Waals surface area contributed by atoms with Crippen LogP contribution < -0.4 is 11.4 Å². The van der Waals surface area contributed by atoms with E-state index in [-0.39, 0.29) is 17.4 Å². The fourth-order valence-corrected chi connectivity index (χ4v) is 2.72. The van der Waals surface area contributed by atoms with Gasteiger partial charge in [0, 0.05) is 12.7 Å². The Hall–Kier alpha value is -3.16. The van der Waals surface area contributed by atoms with Gasteiger partial charge < -0.3 is 10.7 Å². The zero-order chi connectivity index (χ0) is 15.8. The fourth-order valence-electron chi connectivity index (χ4n) is 2.72. The van der Waals surface area contributed by atoms with E-state index in [0.29, 0.717) is 29.2 Å². The monoisotopic (exact) mass is 309 g/mol. The molecular formula is C15H15N7O. The maximum atomic E-state index is 12.3. The molecule has 1 aliphatic rings. The van der Waals surface area contributed by atoms with Gasteiger partial charge in [-0.3, -0.25) is 9.67 Å². The minimum atomic E-state index is -0.231. The first kappa shape index (κ1) is 13.5. The summed E-state index contributed by atoms with van der Waals surface area (Å²) in [6.45, 7) is 0.540. The van der Waals surface area contributed by atoms with Crippen molar-refractivity contribution < 1.29 is 0 Å². The van der Waals surface area contributed by atoms with Crippen LogP contribution in [0.1, 0.15) is 6.42 Å². The van der Waals surface area contributed by atoms with Crippen LogP contribution in [-0.4, -0.2) is 29.7 Å². The third-order valence-corrected chi connectivity index (χ3v) is 3.88. The number of allylic oxidation sites excluding steroid dienone is 4. The molecule has 0 saturated carbocycles. The van der Waals surface area contributed by atoms with Crippen LogP contribution in [0.2, 0.25) is 0 Å². The Bertz CT molecular complexity index is 962. The second kappa shape index (κ2) is 5.24. The van der Waals surface area contributed by atoms with E-state index in [1.807, 2.05) is 12.2 Å². The number of nitrogens with zero attached hydrogens (tertiary/aromatic N) is 4. The number of rotatable bonds is 3. The van der Waals surface area contributed by atoms with E-state index in [1.54, 1.807) is 16.8 Å². The molecule has 0 bridgehead atoms. The van der Waals surface area contributed by atoms with Gasteiger partial charge in [0.2, 0.25) is 0 Å². The number of aromatic nitrogens is 6. The second-order valence-electron chi connectivity index (χ2n) is 5.45. The van der Waals surface area contributed by atoms with Crippen LogP contribution in [-0.2, 0) is 6.54 Å².